The van der Waals surface area contributed by atoms with E-state index in [0.29, 0.717) is 28.8 Å². The van der Waals surface area contributed by atoms with Gasteiger partial charge in [0.2, 0.25) is 11.8 Å². The summed E-state index contributed by atoms with van der Waals surface area (Å²) in [5, 5.41) is 6.50. The number of hydrogen-bond acceptors (Lipinski definition) is 3. The first-order valence-corrected chi connectivity index (χ1v) is 9.52. The molecule has 0 saturated carbocycles. The Morgan fingerprint density at radius 3 is 2.22 bits per heavy atom. The van der Waals surface area contributed by atoms with E-state index in [1.54, 1.807) is 18.2 Å². The number of amides is 2. The van der Waals surface area contributed by atoms with Gasteiger partial charge in [-0.3, -0.25) is 14.5 Å². The molecule has 5 nitrogen and oxygen atoms in total. The summed E-state index contributed by atoms with van der Waals surface area (Å²) in [6, 6.07) is 13.6. The van der Waals surface area contributed by atoms with Gasteiger partial charge in [-0.25, -0.2) is 0 Å². The summed E-state index contributed by atoms with van der Waals surface area (Å²) < 4.78 is 0. The fourth-order valence-electron chi connectivity index (χ4n) is 2.82. The minimum Gasteiger partial charge on any atom is -0.355 e. The van der Waals surface area contributed by atoms with Crippen LogP contribution in [0.15, 0.2) is 48.5 Å². The zero-order chi connectivity index (χ0) is 19.8. The molecule has 0 aliphatic heterocycles. The average molecular weight is 408 g/mol. The Morgan fingerprint density at radius 2 is 1.67 bits per heavy atom. The predicted molar refractivity (Wildman–Crippen MR) is 110 cm³/mol. The van der Waals surface area contributed by atoms with Crippen LogP contribution in [0, 0.1) is 0 Å². The molecule has 27 heavy (non-hydrogen) atoms. The molecule has 1 atom stereocenters. The minimum atomic E-state index is -0.628. The zero-order valence-electron chi connectivity index (χ0n) is 15.3. The van der Waals surface area contributed by atoms with Crippen LogP contribution in [0.4, 0.5) is 5.69 Å². The van der Waals surface area contributed by atoms with Gasteiger partial charge in [0, 0.05) is 22.3 Å². The third kappa shape index (κ3) is 6.24. The molecule has 144 valence electrons. The van der Waals surface area contributed by atoms with E-state index in [1.165, 1.54) is 0 Å². The molecule has 0 spiro atoms. The SMILES string of the molecule is CCNC(=O)CN(CC)[C@H](C(=O)Nc1cc(Cl)cc(Cl)c1)c1ccccc1. The van der Waals surface area contributed by atoms with Gasteiger partial charge in [0.1, 0.15) is 6.04 Å². The second-order valence-corrected chi connectivity index (χ2v) is 6.85. The number of anilines is 1. The van der Waals surface area contributed by atoms with E-state index in [2.05, 4.69) is 10.6 Å². The Labute approximate surface area is 169 Å². The molecule has 0 fully saturated rings. The van der Waals surface area contributed by atoms with Crippen molar-refractivity contribution in [3.05, 3.63) is 64.1 Å². The van der Waals surface area contributed by atoms with Gasteiger partial charge in [0.25, 0.3) is 0 Å². The number of hydrogen-bond donors (Lipinski definition) is 2. The lowest BCUT2D eigenvalue weighted by Gasteiger charge is -2.29. The summed E-state index contributed by atoms with van der Waals surface area (Å²) in [5.74, 6) is -0.385. The summed E-state index contributed by atoms with van der Waals surface area (Å²) in [6.07, 6.45) is 0. The number of rotatable bonds is 8. The van der Waals surface area contributed by atoms with E-state index in [1.807, 2.05) is 49.1 Å². The number of carbonyl (C=O) groups excluding carboxylic acids is 2. The Kier molecular flexibility index (Phi) is 8.10. The molecule has 2 amide bonds. The van der Waals surface area contributed by atoms with E-state index in [9.17, 15) is 9.59 Å². The monoisotopic (exact) mass is 407 g/mol. The second kappa shape index (κ2) is 10.3. The van der Waals surface area contributed by atoms with Crippen LogP contribution in [0.2, 0.25) is 10.0 Å². The highest BCUT2D eigenvalue weighted by Gasteiger charge is 2.28. The van der Waals surface area contributed by atoms with Crippen LogP contribution in [-0.4, -0.2) is 36.3 Å². The van der Waals surface area contributed by atoms with Crippen molar-refractivity contribution in [1.82, 2.24) is 10.2 Å². The molecule has 0 saturated heterocycles. The Balaban J connectivity index is 2.30. The summed E-state index contributed by atoms with van der Waals surface area (Å²) in [7, 11) is 0. The maximum atomic E-state index is 13.1. The smallest absolute Gasteiger partial charge is 0.246 e. The molecule has 0 heterocycles. The maximum Gasteiger partial charge on any atom is 0.246 e. The quantitative estimate of drug-likeness (QED) is 0.691. The number of likely N-dealkylation sites (N-methyl/N-ethyl adjacent to an activating group) is 2. The lowest BCUT2D eigenvalue weighted by Crippen LogP contribution is -2.43. The van der Waals surface area contributed by atoms with Gasteiger partial charge in [-0.2, -0.15) is 0 Å². The average Bonchev–Trinajstić information content (AvgIpc) is 2.61. The number of benzene rings is 2. The van der Waals surface area contributed by atoms with Gasteiger partial charge >= 0.3 is 0 Å². The third-order valence-corrected chi connectivity index (χ3v) is 4.42. The van der Waals surface area contributed by atoms with Gasteiger partial charge in [0.05, 0.1) is 6.54 Å². The van der Waals surface area contributed by atoms with Crippen molar-refractivity contribution in [3.8, 4) is 0 Å². The van der Waals surface area contributed by atoms with E-state index >= 15 is 0 Å². The summed E-state index contributed by atoms with van der Waals surface area (Å²) >= 11 is 12.0. The number of halogens is 2. The van der Waals surface area contributed by atoms with Crippen molar-refractivity contribution in [1.29, 1.82) is 0 Å². The van der Waals surface area contributed by atoms with Crippen LogP contribution in [-0.2, 0) is 9.59 Å². The van der Waals surface area contributed by atoms with Crippen molar-refractivity contribution in [2.45, 2.75) is 19.9 Å². The van der Waals surface area contributed by atoms with Gasteiger partial charge in [-0.15, -0.1) is 0 Å². The fourth-order valence-corrected chi connectivity index (χ4v) is 3.35. The molecule has 0 aliphatic carbocycles. The van der Waals surface area contributed by atoms with Crippen molar-refractivity contribution in [2.24, 2.45) is 0 Å². The van der Waals surface area contributed by atoms with Crippen LogP contribution >= 0.6 is 23.2 Å². The van der Waals surface area contributed by atoms with Gasteiger partial charge < -0.3 is 10.6 Å². The first kappa shape index (κ1) is 21.2. The second-order valence-electron chi connectivity index (χ2n) is 5.98. The molecule has 0 bridgehead atoms. The molecule has 2 aromatic carbocycles. The third-order valence-electron chi connectivity index (χ3n) is 3.99. The molecule has 0 aromatic heterocycles. The van der Waals surface area contributed by atoms with Gasteiger partial charge in [-0.1, -0.05) is 60.5 Å². The van der Waals surface area contributed by atoms with Crippen LogP contribution in [0.25, 0.3) is 0 Å². The van der Waals surface area contributed by atoms with Crippen molar-refractivity contribution < 1.29 is 9.59 Å². The molecule has 2 N–H and O–H groups in total. The lowest BCUT2D eigenvalue weighted by atomic mass is 10.0. The first-order chi connectivity index (χ1) is 12.9. The van der Waals surface area contributed by atoms with Crippen molar-refractivity contribution in [2.75, 3.05) is 25.0 Å². The van der Waals surface area contributed by atoms with E-state index in [4.69, 9.17) is 23.2 Å². The summed E-state index contributed by atoms with van der Waals surface area (Å²) in [6.45, 7) is 4.96. The summed E-state index contributed by atoms with van der Waals surface area (Å²) in [5.41, 5.74) is 1.31. The standard InChI is InChI=1S/C20H23Cl2N3O2/c1-3-23-18(26)13-25(4-2)19(14-8-6-5-7-9-14)20(27)24-17-11-15(21)10-16(22)12-17/h5-12,19H,3-4,13H2,1-2H3,(H,23,26)(H,24,27)/t19-/m0/s1. The van der Waals surface area contributed by atoms with E-state index < -0.39 is 6.04 Å². The zero-order valence-corrected chi connectivity index (χ0v) is 16.8. The number of nitrogens with zero attached hydrogens (tertiary/aromatic N) is 1. The van der Waals surface area contributed by atoms with Crippen LogP contribution < -0.4 is 10.6 Å². The number of carbonyl (C=O) groups is 2. The molecule has 2 rings (SSSR count). The van der Waals surface area contributed by atoms with Gasteiger partial charge in [0.15, 0.2) is 0 Å². The van der Waals surface area contributed by atoms with Crippen LogP contribution in [0.3, 0.4) is 0 Å². The predicted octanol–water partition coefficient (Wildman–Crippen LogP) is 4.13. The molecule has 0 aliphatic rings. The molecular weight excluding hydrogens is 385 g/mol. The highest BCUT2D eigenvalue weighted by atomic mass is 35.5. The Bertz CT molecular complexity index is 764. The highest BCUT2D eigenvalue weighted by molar-refractivity contribution is 6.35. The Morgan fingerprint density at radius 1 is 1.04 bits per heavy atom. The number of nitrogens with one attached hydrogen (secondary N) is 2. The van der Waals surface area contributed by atoms with Crippen molar-refractivity contribution >= 4 is 40.7 Å². The van der Waals surface area contributed by atoms with E-state index in [0.717, 1.165) is 5.56 Å². The lowest BCUT2D eigenvalue weighted by molar-refractivity contribution is -0.126. The van der Waals surface area contributed by atoms with Crippen LogP contribution in [0.1, 0.15) is 25.5 Å². The fraction of sp³-hybridized carbons (Fsp3) is 0.300. The topological polar surface area (TPSA) is 61.4 Å². The normalized spacial score (nSPS) is 11.9. The largest absolute Gasteiger partial charge is 0.355 e. The molecule has 0 unspecified atom stereocenters. The van der Waals surface area contributed by atoms with E-state index in [-0.39, 0.29) is 18.4 Å². The molecule has 0 radical (unpaired) electrons. The molecule has 7 heteroatoms. The van der Waals surface area contributed by atoms with Gasteiger partial charge in [-0.05, 0) is 37.2 Å². The maximum absolute atomic E-state index is 13.1. The molecular formula is C20H23Cl2N3O2. The van der Waals surface area contributed by atoms with Crippen LogP contribution in [0.5, 0.6) is 0 Å². The minimum absolute atomic E-state index is 0.119. The first-order valence-electron chi connectivity index (χ1n) is 8.77. The summed E-state index contributed by atoms with van der Waals surface area (Å²) in [4.78, 5) is 27.0. The Hall–Kier alpha value is -2.08. The van der Waals surface area contributed by atoms with Crippen molar-refractivity contribution in [3.63, 3.8) is 0 Å². The highest BCUT2D eigenvalue weighted by Crippen LogP contribution is 2.26. The molecule has 2 aromatic rings.